The summed E-state index contributed by atoms with van der Waals surface area (Å²) in [5.74, 6) is 0.949. The molecule has 0 aliphatic heterocycles. The number of pyridine rings is 1. The maximum Gasteiger partial charge on any atom is 0.310 e. The van der Waals surface area contributed by atoms with Crippen LogP contribution >= 0.6 is 0 Å². The summed E-state index contributed by atoms with van der Waals surface area (Å²) in [7, 11) is 3.28. The molecule has 18 heavy (non-hydrogen) atoms. The van der Waals surface area contributed by atoms with E-state index in [2.05, 4.69) is 4.98 Å². The van der Waals surface area contributed by atoms with E-state index in [1.165, 1.54) is 7.11 Å². The number of carbonyl (C=O) groups excluding carboxylic acids is 1. The Morgan fingerprint density at radius 1 is 1.50 bits per heavy atom. The topological polar surface area (TPSA) is 51.7 Å². The molecular formula is C13H20N2O3. The highest BCUT2D eigenvalue weighted by molar-refractivity contribution is 5.72. The minimum atomic E-state index is -0.220. The first kappa shape index (κ1) is 14.3. The largest absolute Gasteiger partial charge is 0.478 e. The van der Waals surface area contributed by atoms with Crippen molar-refractivity contribution in [2.24, 2.45) is 5.92 Å². The lowest BCUT2D eigenvalue weighted by Crippen LogP contribution is -2.29. The highest BCUT2D eigenvalue weighted by Gasteiger charge is 2.16. The molecule has 1 aromatic rings. The molecule has 5 heteroatoms. The van der Waals surface area contributed by atoms with E-state index in [0.29, 0.717) is 19.0 Å². The van der Waals surface area contributed by atoms with Gasteiger partial charge in [-0.05, 0) is 13.0 Å². The van der Waals surface area contributed by atoms with Crippen LogP contribution in [-0.4, -0.2) is 38.3 Å². The van der Waals surface area contributed by atoms with E-state index in [-0.39, 0.29) is 11.9 Å². The molecule has 0 aliphatic carbocycles. The van der Waals surface area contributed by atoms with Crippen LogP contribution in [0, 0.1) is 5.92 Å². The number of carbonyl (C=O) groups is 1. The number of esters is 1. The summed E-state index contributed by atoms with van der Waals surface area (Å²) in [6.45, 7) is 4.88. The number of ether oxygens (including phenoxy) is 2. The van der Waals surface area contributed by atoms with Gasteiger partial charge in [-0.25, -0.2) is 0 Å². The van der Waals surface area contributed by atoms with Crippen LogP contribution in [0.3, 0.4) is 0 Å². The Bertz CT molecular complexity index is 396. The monoisotopic (exact) mass is 252 g/mol. The molecule has 0 spiro atoms. The molecule has 1 unspecified atom stereocenters. The molecule has 1 heterocycles. The predicted molar refractivity (Wildman–Crippen MR) is 69.9 cm³/mol. The molecule has 0 radical (unpaired) electrons. The summed E-state index contributed by atoms with van der Waals surface area (Å²) in [6, 6.07) is 5.57. The van der Waals surface area contributed by atoms with E-state index in [9.17, 15) is 4.79 Å². The van der Waals surface area contributed by atoms with Gasteiger partial charge in [0.05, 0.1) is 19.6 Å². The Kier molecular flexibility index (Phi) is 5.42. The fourth-order valence-corrected chi connectivity index (χ4v) is 1.62. The number of hydrogen-bond acceptors (Lipinski definition) is 5. The lowest BCUT2D eigenvalue weighted by Gasteiger charge is -2.21. The van der Waals surface area contributed by atoms with Gasteiger partial charge in [-0.1, -0.05) is 13.0 Å². The van der Waals surface area contributed by atoms with Crippen molar-refractivity contribution in [1.29, 1.82) is 0 Å². The Morgan fingerprint density at radius 3 is 2.83 bits per heavy atom. The van der Waals surface area contributed by atoms with Crippen LogP contribution < -0.4 is 9.64 Å². The molecule has 100 valence electrons. The van der Waals surface area contributed by atoms with Gasteiger partial charge in [0.2, 0.25) is 5.88 Å². The zero-order valence-electron chi connectivity index (χ0n) is 11.3. The average molecular weight is 252 g/mol. The van der Waals surface area contributed by atoms with Gasteiger partial charge in [-0.3, -0.25) is 4.79 Å². The summed E-state index contributed by atoms with van der Waals surface area (Å²) in [5, 5.41) is 0. The normalized spacial score (nSPS) is 11.8. The van der Waals surface area contributed by atoms with Gasteiger partial charge in [0.1, 0.15) is 5.82 Å². The second kappa shape index (κ2) is 6.83. The number of aromatic nitrogens is 1. The van der Waals surface area contributed by atoms with Crippen molar-refractivity contribution in [2.45, 2.75) is 13.8 Å². The number of nitrogens with zero attached hydrogens (tertiary/aromatic N) is 2. The van der Waals surface area contributed by atoms with Gasteiger partial charge in [0.15, 0.2) is 0 Å². The van der Waals surface area contributed by atoms with Crippen LogP contribution in [0.25, 0.3) is 0 Å². The summed E-state index contributed by atoms with van der Waals surface area (Å²) < 4.78 is 10.0. The van der Waals surface area contributed by atoms with Crippen molar-refractivity contribution in [1.82, 2.24) is 4.98 Å². The highest BCUT2D eigenvalue weighted by Crippen LogP contribution is 2.16. The zero-order chi connectivity index (χ0) is 13.5. The van der Waals surface area contributed by atoms with Gasteiger partial charge in [0.25, 0.3) is 0 Å². The summed E-state index contributed by atoms with van der Waals surface area (Å²) in [6.07, 6.45) is 0. The zero-order valence-corrected chi connectivity index (χ0v) is 11.3. The minimum Gasteiger partial charge on any atom is -0.478 e. The van der Waals surface area contributed by atoms with Crippen molar-refractivity contribution in [3.8, 4) is 5.88 Å². The first-order chi connectivity index (χ1) is 8.58. The fraction of sp³-hybridized carbons (Fsp3) is 0.538. The van der Waals surface area contributed by atoms with E-state index < -0.39 is 0 Å². The lowest BCUT2D eigenvalue weighted by molar-refractivity contribution is -0.144. The number of hydrogen-bond donors (Lipinski definition) is 0. The SMILES string of the molecule is CCOc1cccc(N(C)CC(C)C(=O)OC)n1. The Labute approximate surface area is 108 Å². The Hall–Kier alpha value is -1.78. The smallest absolute Gasteiger partial charge is 0.310 e. The molecule has 0 fully saturated rings. The van der Waals surface area contributed by atoms with Gasteiger partial charge in [-0.15, -0.1) is 0 Å². The molecule has 0 bridgehead atoms. The molecular weight excluding hydrogens is 232 g/mol. The first-order valence-electron chi connectivity index (χ1n) is 5.97. The van der Waals surface area contributed by atoms with Crippen molar-refractivity contribution in [2.75, 3.05) is 32.2 Å². The number of rotatable bonds is 6. The van der Waals surface area contributed by atoms with E-state index >= 15 is 0 Å². The Morgan fingerprint density at radius 2 is 2.22 bits per heavy atom. The molecule has 0 N–H and O–H groups in total. The fourth-order valence-electron chi connectivity index (χ4n) is 1.62. The maximum absolute atomic E-state index is 11.4. The third-order valence-electron chi connectivity index (χ3n) is 2.54. The van der Waals surface area contributed by atoms with E-state index in [1.807, 2.05) is 44.0 Å². The average Bonchev–Trinajstić information content (AvgIpc) is 2.38. The van der Waals surface area contributed by atoms with E-state index in [0.717, 1.165) is 5.82 Å². The quantitative estimate of drug-likeness (QED) is 0.722. The molecule has 0 aromatic carbocycles. The number of methoxy groups -OCH3 is 1. The second-order valence-corrected chi connectivity index (χ2v) is 4.07. The lowest BCUT2D eigenvalue weighted by atomic mass is 10.2. The predicted octanol–water partition coefficient (Wildman–Crippen LogP) is 1.73. The highest BCUT2D eigenvalue weighted by atomic mass is 16.5. The third-order valence-corrected chi connectivity index (χ3v) is 2.54. The van der Waals surface area contributed by atoms with Gasteiger partial charge in [0, 0.05) is 19.7 Å². The van der Waals surface area contributed by atoms with Crippen molar-refractivity contribution >= 4 is 11.8 Å². The van der Waals surface area contributed by atoms with Crippen LogP contribution in [0.1, 0.15) is 13.8 Å². The maximum atomic E-state index is 11.4. The van der Waals surface area contributed by atoms with Gasteiger partial charge < -0.3 is 14.4 Å². The van der Waals surface area contributed by atoms with E-state index in [1.54, 1.807) is 0 Å². The van der Waals surface area contributed by atoms with Crippen LogP contribution in [0.4, 0.5) is 5.82 Å². The summed E-state index contributed by atoms with van der Waals surface area (Å²) >= 11 is 0. The minimum absolute atomic E-state index is 0.197. The summed E-state index contributed by atoms with van der Waals surface area (Å²) in [5.41, 5.74) is 0. The first-order valence-corrected chi connectivity index (χ1v) is 5.97. The molecule has 1 atom stereocenters. The molecule has 1 aromatic heterocycles. The van der Waals surface area contributed by atoms with Crippen molar-refractivity contribution < 1.29 is 14.3 Å². The molecule has 0 aliphatic rings. The molecule has 0 amide bonds. The standard InChI is InChI=1S/C13H20N2O3/c1-5-18-12-8-6-7-11(14-12)15(3)9-10(2)13(16)17-4/h6-8,10H,5,9H2,1-4H3. The van der Waals surface area contributed by atoms with Crippen LogP contribution in [0.15, 0.2) is 18.2 Å². The summed E-state index contributed by atoms with van der Waals surface area (Å²) in [4.78, 5) is 17.6. The van der Waals surface area contributed by atoms with Crippen LogP contribution in [-0.2, 0) is 9.53 Å². The Balaban J connectivity index is 2.68. The van der Waals surface area contributed by atoms with E-state index in [4.69, 9.17) is 9.47 Å². The molecule has 5 nitrogen and oxygen atoms in total. The van der Waals surface area contributed by atoms with Gasteiger partial charge in [-0.2, -0.15) is 4.98 Å². The van der Waals surface area contributed by atoms with Crippen LogP contribution in [0.5, 0.6) is 5.88 Å². The third kappa shape index (κ3) is 3.91. The van der Waals surface area contributed by atoms with Crippen molar-refractivity contribution in [3.63, 3.8) is 0 Å². The number of anilines is 1. The molecule has 0 saturated carbocycles. The van der Waals surface area contributed by atoms with Crippen molar-refractivity contribution in [3.05, 3.63) is 18.2 Å². The second-order valence-electron chi connectivity index (χ2n) is 4.07. The van der Waals surface area contributed by atoms with Crippen LogP contribution in [0.2, 0.25) is 0 Å². The molecule has 0 saturated heterocycles. The van der Waals surface area contributed by atoms with Gasteiger partial charge >= 0.3 is 5.97 Å². The molecule has 1 rings (SSSR count).